The minimum atomic E-state index is -3.51. The molecule has 1 saturated heterocycles. The van der Waals surface area contributed by atoms with E-state index in [9.17, 15) is 13.2 Å². The Bertz CT molecular complexity index is 588. The highest BCUT2D eigenvalue weighted by Gasteiger charge is 2.30. The van der Waals surface area contributed by atoms with Crippen LogP contribution in [-0.4, -0.2) is 30.8 Å². The SMILES string of the molecule is CCC1CCCN(S(=O)(=O)c2sc(=O)[nH]c2C)CC1. The molecular weight excluding hydrogens is 284 g/mol. The van der Waals surface area contributed by atoms with Gasteiger partial charge in [-0.15, -0.1) is 0 Å². The van der Waals surface area contributed by atoms with Gasteiger partial charge in [0.25, 0.3) is 10.0 Å². The number of aromatic nitrogens is 1. The Balaban J connectivity index is 2.25. The van der Waals surface area contributed by atoms with Crippen LogP contribution in [0.25, 0.3) is 0 Å². The molecule has 7 heteroatoms. The quantitative estimate of drug-likeness (QED) is 0.928. The molecular formula is C12H20N2O3S2. The molecule has 0 radical (unpaired) electrons. The molecule has 0 bridgehead atoms. The molecule has 2 heterocycles. The molecule has 108 valence electrons. The van der Waals surface area contributed by atoms with Gasteiger partial charge >= 0.3 is 4.87 Å². The van der Waals surface area contributed by atoms with E-state index in [1.54, 1.807) is 6.92 Å². The lowest BCUT2D eigenvalue weighted by Gasteiger charge is -2.19. The molecule has 19 heavy (non-hydrogen) atoms. The second kappa shape index (κ2) is 5.76. The maximum atomic E-state index is 12.5. The number of sulfonamides is 1. The number of hydrogen-bond donors (Lipinski definition) is 1. The number of aromatic amines is 1. The fourth-order valence-corrected chi connectivity index (χ4v) is 5.47. The maximum Gasteiger partial charge on any atom is 0.305 e. The van der Waals surface area contributed by atoms with Gasteiger partial charge in [-0.2, -0.15) is 4.31 Å². The Labute approximate surface area is 117 Å². The Morgan fingerprint density at radius 2 is 2.11 bits per heavy atom. The lowest BCUT2D eigenvalue weighted by molar-refractivity contribution is 0.408. The van der Waals surface area contributed by atoms with Crippen LogP contribution in [0.2, 0.25) is 0 Å². The first kappa shape index (κ1) is 14.7. The average molecular weight is 304 g/mol. The number of aryl methyl sites for hydroxylation is 1. The van der Waals surface area contributed by atoms with Gasteiger partial charge in [-0.05, 0) is 32.1 Å². The van der Waals surface area contributed by atoms with Gasteiger partial charge in [0.1, 0.15) is 0 Å². The fraction of sp³-hybridized carbons (Fsp3) is 0.750. The van der Waals surface area contributed by atoms with Gasteiger partial charge in [0.05, 0.1) is 0 Å². The lowest BCUT2D eigenvalue weighted by atomic mass is 9.98. The standard InChI is InChI=1S/C12H20N2O3S2/c1-3-10-5-4-7-14(8-6-10)19(16,17)11-9(2)13-12(15)18-11/h10H,3-8H2,1-2H3,(H,13,15). The Morgan fingerprint density at radius 1 is 1.37 bits per heavy atom. The van der Waals surface area contributed by atoms with Crippen LogP contribution in [0.3, 0.4) is 0 Å². The van der Waals surface area contributed by atoms with Gasteiger partial charge in [-0.25, -0.2) is 8.42 Å². The smallest absolute Gasteiger partial charge is 0.305 e. The molecule has 1 aliphatic rings. The van der Waals surface area contributed by atoms with Crippen molar-refractivity contribution in [3.63, 3.8) is 0 Å². The number of thiazole rings is 1. The molecule has 0 spiro atoms. The highest BCUT2D eigenvalue weighted by Crippen LogP contribution is 2.26. The normalized spacial score (nSPS) is 22.3. The van der Waals surface area contributed by atoms with Gasteiger partial charge < -0.3 is 4.98 Å². The summed E-state index contributed by atoms with van der Waals surface area (Å²) in [5.74, 6) is 0.617. The predicted molar refractivity (Wildman–Crippen MR) is 76.1 cm³/mol. The number of H-pyrrole nitrogens is 1. The summed E-state index contributed by atoms with van der Waals surface area (Å²) in [5.41, 5.74) is 0.450. The van der Waals surface area contributed by atoms with E-state index in [0.29, 0.717) is 24.7 Å². The molecule has 0 aromatic carbocycles. The summed E-state index contributed by atoms with van der Waals surface area (Å²) in [6.07, 6.45) is 4.00. The molecule has 0 aliphatic carbocycles. The van der Waals surface area contributed by atoms with E-state index in [-0.39, 0.29) is 9.08 Å². The molecule has 1 aliphatic heterocycles. The molecule has 1 aromatic heterocycles. The van der Waals surface area contributed by atoms with Crippen molar-refractivity contribution < 1.29 is 8.42 Å². The molecule has 1 atom stereocenters. The molecule has 1 aromatic rings. The van der Waals surface area contributed by atoms with Crippen LogP contribution in [0, 0.1) is 12.8 Å². The summed E-state index contributed by atoms with van der Waals surface area (Å²) >= 11 is 0.788. The molecule has 1 unspecified atom stereocenters. The first-order valence-electron chi connectivity index (χ1n) is 6.65. The fourth-order valence-electron chi connectivity index (χ4n) is 2.54. The predicted octanol–water partition coefficient (Wildman–Crippen LogP) is 1.95. The van der Waals surface area contributed by atoms with Crippen molar-refractivity contribution in [2.45, 2.75) is 43.7 Å². The second-order valence-electron chi connectivity index (χ2n) is 5.04. The summed E-state index contributed by atoms with van der Waals surface area (Å²) in [6.45, 7) is 4.91. The molecule has 1 N–H and O–H groups in total. The van der Waals surface area contributed by atoms with Crippen molar-refractivity contribution in [3.8, 4) is 0 Å². The third-order valence-corrected chi connectivity index (χ3v) is 7.22. The third kappa shape index (κ3) is 3.09. The van der Waals surface area contributed by atoms with Gasteiger partial charge in [0.15, 0.2) is 4.21 Å². The summed E-state index contributed by atoms with van der Waals surface area (Å²) in [7, 11) is -3.51. The van der Waals surface area contributed by atoms with Gasteiger partial charge in [-0.1, -0.05) is 24.7 Å². The number of rotatable bonds is 3. The molecule has 2 rings (SSSR count). The lowest BCUT2D eigenvalue weighted by Crippen LogP contribution is -2.32. The minimum Gasteiger partial charge on any atom is -0.315 e. The van der Waals surface area contributed by atoms with E-state index in [1.807, 2.05) is 0 Å². The van der Waals surface area contributed by atoms with E-state index >= 15 is 0 Å². The van der Waals surface area contributed by atoms with Gasteiger partial charge in [0, 0.05) is 18.8 Å². The molecule has 0 saturated carbocycles. The monoisotopic (exact) mass is 304 g/mol. The summed E-state index contributed by atoms with van der Waals surface area (Å²) in [4.78, 5) is 13.5. The first-order valence-corrected chi connectivity index (χ1v) is 8.90. The van der Waals surface area contributed by atoms with Gasteiger partial charge in [-0.3, -0.25) is 4.79 Å². The van der Waals surface area contributed by atoms with Crippen LogP contribution < -0.4 is 4.87 Å². The largest absolute Gasteiger partial charge is 0.315 e. The average Bonchev–Trinajstić information content (AvgIpc) is 2.59. The summed E-state index contributed by atoms with van der Waals surface area (Å²) in [6, 6.07) is 0. The van der Waals surface area contributed by atoms with Crippen LogP contribution in [-0.2, 0) is 10.0 Å². The van der Waals surface area contributed by atoms with Crippen molar-refractivity contribution in [3.05, 3.63) is 15.4 Å². The number of hydrogen-bond acceptors (Lipinski definition) is 4. The Kier molecular flexibility index (Phi) is 4.47. The topological polar surface area (TPSA) is 70.2 Å². The third-order valence-electron chi connectivity index (χ3n) is 3.74. The zero-order chi connectivity index (χ0) is 14.0. The number of nitrogens with one attached hydrogen (secondary N) is 1. The molecule has 1 fully saturated rings. The zero-order valence-electron chi connectivity index (χ0n) is 11.3. The number of nitrogens with zero attached hydrogens (tertiary/aromatic N) is 1. The summed E-state index contributed by atoms with van der Waals surface area (Å²) in [5, 5.41) is 0. The van der Waals surface area contributed by atoms with E-state index in [1.165, 1.54) is 4.31 Å². The second-order valence-corrected chi connectivity index (χ2v) is 8.15. The van der Waals surface area contributed by atoms with Crippen LogP contribution in [0.4, 0.5) is 0 Å². The highest BCUT2D eigenvalue weighted by molar-refractivity contribution is 7.91. The minimum absolute atomic E-state index is 0.174. The van der Waals surface area contributed by atoms with E-state index in [4.69, 9.17) is 0 Å². The van der Waals surface area contributed by atoms with Crippen molar-refractivity contribution in [2.24, 2.45) is 5.92 Å². The van der Waals surface area contributed by atoms with Crippen molar-refractivity contribution in [1.29, 1.82) is 0 Å². The van der Waals surface area contributed by atoms with Gasteiger partial charge in [0.2, 0.25) is 0 Å². The van der Waals surface area contributed by atoms with Crippen molar-refractivity contribution in [2.75, 3.05) is 13.1 Å². The highest BCUT2D eigenvalue weighted by atomic mass is 32.2. The van der Waals surface area contributed by atoms with E-state index in [2.05, 4.69) is 11.9 Å². The zero-order valence-corrected chi connectivity index (χ0v) is 12.9. The first-order chi connectivity index (χ1) is 8.95. The maximum absolute atomic E-state index is 12.5. The van der Waals surface area contributed by atoms with Crippen molar-refractivity contribution >= 4 is 21.4 Å². The summed E-state index contributed by atoms with van der Waals surface area (Å²) < 4.78 is 26.8. The van der Waals surface area contributed by atoms with Crippen LogP contribution in [0.1, 0.15) is 38.3 Å². The Morgan fingerprint density at radius 3 is 2.68 bits per heavy atom. The van der Waals surface area contributed by atoms with Crippen LogP contribution in [0.15, 0.2) is 9.00 Å². The van der Waals surface area contributed by atoms with Crippen LogP contribution >= 0.6 is 11.3 Å². The van der Waals surface area contributed by atoms with Crippen molar-refractivity contribution in [1.82, 2.24) is 9.29 Å². The van der Waals surface area contributed by atoms with E-state index < -0.39 is 10.0 Å². The Hall–Kier alpha value is -0.660. The van der Waals surface area contributed by atoms with Crippen LogP contribution in [0.5, 0.6) is 0 Å². The molecule has 0 amide bonds. The van der Waals surface area contributed by atoms with E-state index in [0.717, 1.165) is 37.0 Å². The molecule has 5 nitrogen and oxygen atoms in total.